The van der Waals surface area contributed by atoms with Crippen LogP contribution in [0.15, 0.2) is 52.9 Å². The van der Waals surface area contributed by atoms with E-state index in [0.717, 1.165) is 23.8 Å². The number of hydrogen-bond donors (Lipinski definition) is 1. The van der Waals surface area contributed by atoms with Crippen LogP contribution in [0.3, 0.4) is 0 Å². The third kappa shape index (κ3) is 3.73. The van der Waals surface area contributed by atoms with Crippen molar-refractivity contribution in [3.63, 3.8) is 0 Å². The van der Waals surface area contributed by atoms with Gasteiger partial charge in [-0.25, -0.2) is 0 Å². The molecule has 1 aliphatic rings. The number of nitrogens with zero attached hydrogens (tertiary/aromatic N) is 1. The molecular weight excluding hydrogens is 376 g/mol. The second-order valence-electron chi connectivity index (χ2n) is 6.98. The van der Waals surface area contributed by atoms with Crippen molar-refractivity contribution in [3.8, 4) is 5.75 Å². The summed E-state index contributed by atoms with van der Waals surface area (Å²) in [5, 5.41) is 4.72. The summed E-state index contributed by atoms with van der Waals surface area (Å²) in [7, 11) is 1.96. The van der Waals surface area contributed by atoms with Crippen LogP contribution in [0.25, 0.3) is 11.0 Å². The first-order chi connectivity index (χ1) is 13.7. The van der Waals surface area contributed by atoms with Gasteiger partial charge in [0.05, 0.1) is 5.02 Å². The highest BCUT2D eigenvalue weighted by Gasteiger charge is 2.28. The van der Waals surface area contributed by atoms with E-state index in [-0.39, 0.29) is 12.5 Å². The minimum atomic E-state index is -0.0801. The van der Waals surface area contributed by atoms with Crippen molar-refractivity contribution in [1.29, 1.82) is 0 Å². The fourth-order valence-corrected chi connectivity index (χ4v) is 3.83. The Bertz CT molecular complexity index is 977. The molecule has 1 amide bonds. The van der Waals surface area contributed by atoms with Gasteiger partial charge in [-0.05, 0) is 38.1 Å². The quantitative estimate of drug-likeness (QED) is 0.688. The topological polar surface area (TPSA) is 54.7 Å². The molecule has 1 fully saturated rings. The van der Waals surface area contributed by atoms with Gasteiger partial charge in [-0.15, -0.1) is 0 Å². The number of ether oxygens (including phenoxy) is 1. The van der Waals surface area contributed by atoms with Gasteiger partial charge in [0, 0.05) is 30.1 Å². The molecule has 0 bridgehead atoms. The Hall–Kier alpha value is -2.50. The van der Waals surface area contributed by atoms with Gasteiger partial charge in [0.25, 0.3) is 5.91 Å². The molecule has 1 N–H and O–H groups in total. The number of nitrogens with one attached hydrogen (secondary N) is 1. The number of amides is 1. The number of halogens is 1. The van der Waals surface area contributed by atoms with Crippen LogP contribution in [0, 0.1) is 0 Å². The summed E-state index contributed by atoms with van der Waals surface area (Å²) in [6, 6.07) is 15.4. The number of carbonyl (C=O) groups is 1. The number of rotatable bonds is 5. The molecule has 0 spiro atoms. The number of likely N-dealkylation sites (tertiary alicyclic amines) is 1. The first-order valence-corrected chi connectivity index (χ1v) is 9.89. The lowest BCUT2D eigenvalue weighted by Gasteiger charge is -2.31. The minimum Gasteiger partial charge on any atom is -0.487 e. The van der Waals surface area contributed by atoms with Crippen LogP contribution in [-0.2, 0) is 6.61 Å². The molecule has 6 heteroatoms. The highest BCUT2D eigenvalue weighted by Crippen LogP contribution is 2.30. The number of furan rings is 1. The number of benzene rings is 2. The van der Waals surface area contributed by atoms with Gasteiger partial charge < -0.3 is 19.4 Å². The zero-order valence-electron chi connectivity index (χ0n) is 15.8. The van der Waals surface area contributed by atoms with Gasteiger partial charge in [0.1, 0.15) is 17.9 Å². The third-order valence-electron chi connectivity index (χ3n) is 5.29. The zero-order chi connectivity index (χ0) is 19.5. The fourth-order valence-electron chi connectivity index (χ4n) is 3.64. The van der Waals surface area contributed by atoms with E-state index in [4.69, 9.17) is 20.8 Å². The highest BCUT2D eigenvalue weighted by atomic mass is 35.5. The van der Waals surface area contributed by atoms with Crippen molar-refractivity contribution in [1.82, 2.24) is 10.2 Å². The van der Waals surface area contributed by atoms with Gasteiger partial charge >= 0.3 is 0 Å². The Morgan fingerprint density at radius 2 is 1.89 bits per heavy atom. The summed E-state index contributed by atoms with van der Waals surface area (Å²) < 4.78 is 11.9. The van der Waals surface area contributed by atoms with Crippen LogP contribution in [-0.4, -0.2) is 37.0 Å². The van der Waals surface area contributed by atoms with Gasteiger partial charge in [-0.2, -0.15) is 0 Å². The molecule has 0 radical (unpaired) electrons. The molecule has 0 atom stereocenters. The van der Waals surface area contributed by atoms with Gasteiger partial charge in [-0.1, -0.05) is 41.9 Å². The molecule has 5 nitrogen and oxygen atoms in total. The average molecular weight is 399 g/mol. The van der Waals surface area contributed by atoms with Gasteiger partial charge in [-0.3, -0.25) is 4.79 Å². The van der Waals surface area contributed by atoms with E-state index >= 15 is 0 Å². The molecule has 1 aromatic heterocycles. The van der Waals surface area contributed by atoms with E-state index in [0.29, 0.717) is 41.2 Å². The smallest absolute Gasteiger partial charge is 0.290 e. The molecular formula is C22H23ClN2O3. The predicted molar refractivity (Wildman–Crippen MR) is 110 cm³/mol. The van der Waals surface area contributed by atoms with E-state index in [1.165, 1.54) is 0 Å². The van der Waals surface area contributed by atoms with Crippen LogP contribution >= 0.6 is 11.6 Å². The molecule has 2 aromatic carbocycles. The summed E-state index contributed by atoms with van der Waals surface area (Å²) in [5.74, 6) is 0.863. The second-order valence-corrected chi connectivity index (χ2v) is 7.39. The maximum atomic E-state index is 13.2. The van der Waals surface area contributed by atoms with Gasteiger partial charge in [0.2, 0.25) is 0 Å². The third-order valence-corrected chi connectivity index (χ3v) is 5.60. The second kappa shape index (κ2) is 8.25. The lowest BCUT2D eigenvalue weighted by atomic mass is 10.0. The van der Waals surface area contributed by atoms with Crippen molar-refractivity contribution in [2.75, 3.05) is 20.1 Å². The van der Waals surface area contributed by atoms with Crippen molar-refractivity contribution >= 4 is 28.5 Å². The molecule has 0 aliphatic carbocycles. The van der Waals surface area contributed by atoms with Crippen LogP contribution in [0.2, 0.25) is 5.02 Å². The van der Waals surface area contributed by atoms with Crippen LogP contribution < -0.4 is 10.1 Å². The standard InChI is InChI=1S/C22H23ClN2O3/c1-24-15-10-12-25(13-11-15)22(26)21-17(16-6-2-4-8-19(16)28-21)14-27-20-9-5-3-7-18(20)23/h2-9,15,24H,10-14H2,1H3. The predicted octanol–water partition coefficient (Wildman–Crippen LogP) is 4.49. The zero-order valence-corrected chi connectivity index (χ0v) is 16.5. The number of fused-ring (bicyclic) bond motifs is 1. The van der Waals surface area contributed by atoms with Crippen molar-refractivity contribution < 1.29 is 13.9 Å². The Morgan fingerprint density at radius 1 is 1.18 bits per heavy atom. The summed E-state index contributed by atoms with van der Waals surface area (Å²) in [4.78, 5) is 15.1. The van der Waals surface area contributed by atoms with E-state index < -0.39 is 0 Å². The Balaban J connectivity index is 1.62. The van der Waals surface area contributed by atoms with E-state index in [1.807, 2.05) is 54.4 Å². The number of piperidine rings is 1. The van der Waals surface area contributed by atoms with E-state index in [9.17, 15) is 4.79 Å². The van der Waals surface area contributed by atoms with Crippen molar-refractivity contribution in [2.24, 2.45) is 0 Å². The van der Waals surface area contributed by atoms with Crippen LogP contribution in [0.4, 0.5) is 0 Å². The molecule has 1 saturated heterocycles. The van der Waals surface area contributed by atoms with Crippen molar-refractivity contribution in [3.05, 3.63) is 64.9 Å². The number of para-hydroxylation sites is 2. The first kappa shape index (κ1) is 18.8. The van der Waals surface area contributed by atoms with Crippen LogP contribution in [0.5, 0.6) is 5.75 Å². The van der Waals surface area contributed by atoms with Gasteiger partial charge in [0.15, 0.2) is 5.76 Å². The summed E-state index contributed by atoms with van der Waals surface area (Å²) in [5.41, 5.74) is 1.45. The summed E-state index contributed by atoms with van der Waals surface area (Å²) in [6.45, 7) is 1.65. The Labute approximate surface area is 169 Å². The monoisotopic (exact) mass is 398 g/mol. The first-order valence-electron chi connectivity index (χ1n) is 9.51. The lowest BCUT2D eigenvalue weighted by molar-refractivity contribution is 0.0674. The number of carbonyl (C=O) groups excluding carboxylic acids is 1. The summed E-state index contributed by atoms with van der Waals surface area (Å²) >= 11 is 6.20. The maximum Gasteiger partial charge on any atom is 0.290 e. The molecule has 2 heterocycles. The maximum absolute atomic E-state index is 13.2. The highest BCUT2D eigenvalue weighted by molar-refractivity contribution is 6.32. The van der Waals surface area contributed by atoms with Crippen molar-refractivity contribution in [2.45, 2.75) is 25.5 Å². The SMILES string of the molecule is CNC1CCN(C(=O)c2oc3ccccc3c2COc2ccccc2Cl)CC1. The fraction of sp³-hybridized carbons (Fsp3) is 0.318. The largest absolute Gasteiger partial charge is 0.487 e. The molecule has 4 rings (SSSR count). The molecule has 1 aliphatic heterocycles. The number of hydrogen-bond acceptors (Lipinski definition) is 4. The molecule has 3 aromatic rings. The summed E-state index contributed by atoms with van der Waals surface area (Å²) in [6.07, 6.45) is 1.88. The minimum absolute atomic E-state index is 0.0801. The average Bonchev–Trinajstić information content (AvgIpc) is 3.11. The Kier molecular flexibility index (Phi) is 5.55. The molecule has 0 unspecified atom stereocenters. The molecule has 0 saturated carbocycles. The lowest BCUT2D eigenvalue weighted by Crippen LogP contribution is -2.44. The van der Waals surface area contributed by atoms with Crippen LogP contribution in [0.1, 0.15) is 29.0 Å². The van der Waals surface area contributed by atoms with E-state index in [2.05, 4.69) is 5.32 Å². The normalized spacial score (nSPS) is 15.1. The molecule has 146 valence electrons. The van der Waals surface area contributed by atoms with E-state index in [1.54, 1.807) is 6.07 Å². The molecule has 28 heavy (non-hydrogen) atoms. The Morgan fingerprint density at radius 3 is 2.64 bits per heavy atom.